The van der Waals surface area contributed by atoms with Crippen molar-refractivity contribution in [3.63, 3.8) is 0 Å². The van der Waals surface area contributed by atoms with Gasteiger partial charge in [-0.25, -0.2) is 14.3 Å². The largest absolute Gasteiger partial charge is 0.458 e. The number of ether oxygens (including phenoxy) is 1. The first-order valence-electron chi connectivity index (χ1n) is 20.2. The van der Waals surface area contributed by atoms with Gasteiger partial charge in [-0.3, -0.25) is 13.7 Å². The van der Waals surface area contributed by atoms with Crippen molar-refractivity contribution < 1.29 is 9.30 Å². The molecule has 0 unspecified atom stereocenters. The number of para-hydroxylation sites is 3. The summed E-state index contributed by atoms with van der Waals surface area (Å²) in [5.74, 6) is 1.80. The Morgan fingerprint density at radius 1 is 0.533 bits per heavy atom. The van der Waals surface area contributed by atoms with Crippen LogP contribution in [-0.2, 0) is 5.41 Å². The number of imidazole rings is 2. The van der Waals surface area contributed by atoms with E-state index in [1.165, 1.54) is 16.7 Å². The van der Waals surface area contributed by atoms with E-state index in [9.17, 15) is 4.79 Å². The van der Waals surface area contributed by atoms with Gasteiger partial charge in [0.2, 0.25) is 0 Å². The van der Waals surface area contributed by atoms with Crippen LogP contribution in [-0.4, -0.2) is 18.7 Å². The van der Waals surface area contributed by atoms with Gasteiger partial charge in [0.1, 0.15) is 17.3 Å². The predicted molar refractivity (Wildman–Crippen MR) is 239 cm³/mol. The van der Waals surface area contributed by atoms with E-state index < -0.39 is 0 Å². The fraction of sp³-hybridized carbons (Fsp3) is 0.0755. The van der Waals surface area contributed by atoms with E-state index in [1.807, 2.05) is 78.9 Å². The van der Waals surface area contributed by atoms with Crippen LogP contribution in [0.5, 0.6) is 11.5 Å². The van der Waals surface area contributed by atoms with Crippen LogP contribution in [0.1, 0.15) is 26.3 Å². The monoisotopic (exact) mass is 777 g/mol. The zero-order valence-electron chi connectivity index (χ0n) is 33.4. The molecule has 0 radical (unpaired) electrons. The molecule has 0 N–H and O–H groups in total. The predicted octanol–water partition coefficient (Wildman–Crippen LogP) is 11.6. The molecule has 0 aliphatic carbocycles. The van der Waals surface area contributed by atoms with E-state index in [0.29, 0.717) is 22.8 Å². The third-order valence-electron chi connectivity index (χ3n) is 11.5. The van der Waals surface area contributed by atoms with Crippen molar-refractivity contribution in [3.05, 3.63) is 204 Å². The van der Waals surface area contributed by atoms with Crippen molar-refractivity contribution in [2.75, 3.05) is 0 Å². The first-order valence-corrected chi connectivity index (χ1v) is 20.2. The zero-order chi connectivity index (χ0) is 40.5. The second kappa shape index (κ2) is 13.7. The van der Waals surface area contributed by atoms with Gasteiger partial charge in [-0.15, -0.1) is 0 Å². The van der Waals surface area contributed by atoms with Crippen LogP contribution in [0.2, 0.25) is 0 Å². The van der Waals surface area contributed by atoms with E-state index >= 15 is 0 Å². The number of benzene rings is 7. The van der Waals surface area contributed by atoms with Gasteiger partial charge in [0.15, 0.2) is 0 Å². The third kappa shape index (κ3) is 5.69. The molecule has 0 spiro atoms. The topological polar surface area (TPSA) is 57.9 Å². The van der Waals surface area contributed by atoms with Gasteiger partial charge in [0.05, 0.1) is 39.1 Å². The maximum atomic E-state index is 14.4. The van der Waals surface area contributed by atoms with Crippen LogP contribution in [0, 0.1) is 6.33 Å². The number of hydrogen-bond donors (Lipinski definition) is 0. The van der Waals surface area contributed by atoms with Gasteiger partial charge >= 0.3 is 5.69 Å². The molecule has 3 aromatic heterocycles. The van der Waals surface area contributed by atoms with Crippen molar-refractivity contribution in [3.8, 4) is 67.8 Å². The fourth-order valence-corrected chi connectivity index (χ4v) is 8.66. The number of hydrogen-bond acceptors (Lipinski definition) is 3. The standard InChI is InChI=1S/C53H39N5O2/c1-53(2,3)35-29-30-54-50(31-35)58-49-33-39(27-28-47(49)57(52(58)59)36-15-5-4-6-16-36)60-38-18-13-17-37(32-38)55-34-56-46-25-12-11-23-44(46)42-21-9-7-19-40(42)41-20-8-10-22-43(41)45-24-14-26-48(55)51(45)56/h4-33H,1-3H3. The Morgan fingerprint density at radius 3 is 1.90 bits per heavy atom. The summed E-state index contributed by atoms with van der Waals surface area (Å²) in [5, 5.41) is 0. The number of rotatable bonds is 5. The summed E-state index contributed by atoms with van der Waals surface area (Å²) >= 11 is 0. The lowest BCUT2D eigenvalue weighted by Crippen LogP contribution is -2.30. The molecule has 7 heteroatoms. The molecular weight excluding hydrogens is 739 g/mol. The summed E-state index contributed by atoms with van der Waals surface area (Å²) in [7, 11) is 0. The molecule has 0 amide bonds. The van der Waals surface area contributed by atoms with Crippen LogP contribution in [0.25, 0.3) is 78.3 Å². The molecule has 11 rings (SSSR count). The molecule has 4 heterocycles. The quantitative estimate of drug-likeness (QED) is 0.129. The highest BCUT2D eigenvalue weighted by Gasteiger charge is 2.25. The highest BCUT2D eigenvalue weighted by atomic mass is 16.5. The minimum absolute atomic E-state index is 0.128. The molecule has 10 aromatic rings. The molecule has 60 heavy (non-hydrogen) atoms. The van der Waals surface area contributed by atoms with Gasteiger partial charge < -0.3 is 4.74 Å². The Labute approximate surface area is 347 Å². The van der Waals surface area contributed by atoms with Gasteiger partial charge in [0, 0.05) is 12.3 Å². The first-order chi connectivity index (χ1) is 29.3. The Balaban J connectivity index is 1.05. The minimum atomic E-state index is -0.205. The number of aromatic nitrogens is 5. The lowest BCUT2D eigenvalue weighted by Gasteiger charge is -2.19. The minimum Gasteiger partial charge on any atom is -0.458 e. The molecule has 1 aliphatic rings. The van der Waals surface area contributed by atoms with Crippen molar-refractivity contribution in [2.24, 2.45) is 0 Å². The summed E-state index contributed by atoms with van der Waals surface area (Å²) < 4.78 is 14.4. The van der Waals surface area contributed by atoms with E-state index in [4.69, 9.17) is 9.72 Å². The average Bonchev–Trinajstić information content (AvgIpc) is 3.82. The Hall–Kier alpha value is -7.77. The number of nitrogens with zero attached hydrogens (tertiary/aromatic N) is 5. The summed E-state index contributed by atoms with van der Waals surface area (Å²) in [4.78, 5) is 19.1. The lowest BCUT2D eigenvalue weighted by atomic mass is 9.88. The number of fused-ring (bicyclic) bond motifs is 8. The smallest absolute Gasteiger partial charge is 0.339 e. The summed E-state index contributed by atoms with van der Waals surface area (Å²) in [5.41, 5.74) is 14.0. The van der Waals surface area contributed by atoms with Crippen LogP contribution < -0.4 is 15.0 Å². The molecule has 1 aliphatic heterocycles. The molecule has 288 valence electrons. The molecule has 0 saturated heterocycles. The lowest BCUT2D eigenvalue weighted by molar-refractivity contribution is -0.571. The van der Waals surface area contributed by atoms with Gasteiger partial charge in [0.25, 0.3) is 6.33 Å². The maximum absolute atomic E-state index is 14.4. The van der Waals surface area contributed by atoms with Crippen LogP contribution in [0.15, 0.2) is 187 Å². The molecule has 7 aromatic carbocycles. The van der Waals surface area contributed by atoms with Gasteiger partial charge in [-0.05, 0) is 105 Å². The van der Waals surface area contributed by atoms with Crippen LogP contribution in [0.4, 0.5) is 0 Å². The normalized spacial score (nSPS) is 12.0. The number of pyridine rings is 1. The fourth-order valence-electron chi connectivity index (χ4n) is 8.66. The third-order valence-corrected chi connectivity index (χ3v) is 11.5. The summed E-state index contributed by atoms with van der Waals surface area (Å²) in [6.45, 7) is 6.47. The average molecular weight is 778 g/mol. The molecule has 0 fully saturated rings. The molecule has 0 saturated carbocycles. The zero-order valence-corrected chi connectivity index (χ0v) is 33.4. The SMILES string of the molecule is CC(C)(C)c1ccnc(-n2c(=O)n(-c3ccccc3)c3ccc(Oc4cccc(-n5[c-][n+]6c7c(cccc75)-c5ccccc5-c5ccccc5-c5ccccc5-6)c4)cc32)c1. The van der Waals surface area contributed by atoms with E-state index in [2.05, 4.69) is 133 Å². The second-order valence-electron chi connectivity index (χ2n) is 16.2. The van der Waals surface area contributed by atoms with Crippen LogP contribution in [0.3, 0.4) is 0 Å². The highest BCUT2D eigenvalue weighted by Crippen LogP contribution is 2.43. The van der Waals surface area contributed by atoms with E-state index in [-0.39, 0.29) is 11.1 Å². The van der Waals surface area contributed by atoms with E-state index in [0.717, 1.165) is 55.9 Å². The molecule has 7 nitrogen and oxygen atoms in total. The van der Waals surface area contributed by atoms with Crippen molar-refractivity contribution in [1.82, 2.24) is 18.7 Å². The molecular formula is C53H39N5O2. The van der Waals surface area contributed by atoms with E-state index in [1.54, 1.807) is 15.3 Å². The summed E-state index contributed by atoms with van der Waals surface area (Å²) in [6, 6.07) is 60.0. The Kier molecular flexibility index (Phi) is 8.07. The van der Waals surface area contributed by atoms with Gasteiger partial charge in [-0.2, -0.15) is 0 Å². The maximum Gasteiger partial charge on any atom is 0.339 e. The second-order valence-corrected chi connectivity index (χ2v) is 16.2. The highest BCUT2D eigenvalue weighted by molar-refractivity contribution is 6.00. The first kappa shape index (κ1) is 35.4. The molecule has 0 atom stereocenters. The van der Waals surface area contributed by atoms with Crippen LogP contribution >= 0.6 is 0 Å². The van der Waals surface area contributed by atoms with Crippen molar-refractivity contribution in [1.29, 1.82) is 0 Å². The molecule has 0 bridgehead atoms. The van der Waals surface area contributed by atoms with Crippen molar-refractivity contribution in [2.45, 2.75) is 26.2 Å². The Bertz CT molecular complexity index is 3370. The Morgan fingerprint density at radius 2 is 1.15 bits per heavy atom. The summed E-state index contributed by atoms with van der Waals surface area (Å²) in [6.07, 6.45) is 5.55. The van der Waals surface area contributed by atoms with Crippen molar-refractivity contribution >= 4 is 22.1 Å². The van der Waals surface area contributed by atoms with Gasteiger partial charge in [-0.1, -0.05) is 130 Å².